The van der Waals surface area contributed by atoms with Crippen molar-refractivity contribution in [3.63, 3.8) is 0 Å². The van der Waals surface area contributed by atoms with E-state index < -0.39 is 41.2 Å². The average molecular weight is 472 g/mol. The van der Waals surface area contributed by atoms with E-state index in [-0.39, 0.29) is 18.4 Å². The second-order valence-corrected chi connectivity index (χ2v) is 8.82. The third-order valence-electron chi connectivity index (χ3n) is 4.92. The lowest BCUT2D eigenvalue weighted by atomic mass is 10.0. The number of halogens is 2. The van der Waals surface area contributed by atoms with Gasteiger partial charge in [-0.1, -0.05) is 18.2 Å². The number of amides is 1. The van der Waals surface area contributed by atoms with Gasteiger partial charge in [0, 0.05) is 24.1 Å². The van der Waals surface area contributed by atoms with Crippen LogP contribution >= 0.6 is 0 Å². The van der Waals surface area contributed by atoms with Gasteiger partial charge in [-0.2, -0.15) is 0 Å². The minimum absolute atomic E-state index is 0.0201. The summed E-state index contributed by atoms with van der Waals surface area (Å²) in [6.45, 7) is 5.26. The Kier molecular flexibility index (Phi) is 7.34. The van der Waals surface area contributed by atoms with Gasteiger partial charge in [0.05, 0.1) is 19.0 Å². The maximum Gasteiger partial charge on any atom is 0.419 e. The molecule has 0 spiro atoms. The van der Waals surface area contributed by atoms with Crippen molar-refractivity contribution in [1.82, 2.24) is 9.88 Å². The van der Waals surface area contributed by atoms with Crippen molar-refractivity contribution in [2.75, 3.05) is 7.11 Å². The fraction of sp³-hybridized carbons (Fsp3) is 0.320. The number of nitrogens with one attached hydrogen (secondary N) is 1. The van der Waals surface area contributed by atoms with Crippen LogP contribution in [-0.4, -0.2) is 41.3 Å². The molecule has 0 aliphatic rings. The molecule has 3 rings (SSSR count). The van der Waals surface area contributed by atoms with Crippen molar-refractivity contribution in [2.45, 2.75) is 45.3 Å². The van der Waals surface area contributed by atoms with E-state index in [2.05, 4.69) is 5.32 Å². The Morgan fingerprint density at radius 3 is 2.32 bits per heavy atom. The molecule has 0 unspecified atom stereocenters. The zero-order chi connectivity index (χ0) is 25.0. The van der Waals surface area contributed by atoms with Crippen LogP contribution in [-0.2, 0) is 31.9 Å². The van der Waals surface area contributed by atoms with Crippen molar-refractivity contribution in [2.24, 2.45) is 0 Å². The number of carbonyl (C=O) groups is 3. The van der Waals surface area contributed by atoms with Crippen molar-refractivity contribution in [1.29, 1.82) is 0 Å². The van der Waals surface area contributed by atoms with Crippen LogP contribution in [0.3, 0.4) is 0 Å². The number of aromatic nitrogens is 1. The molecule has 2 aromatic carbocycles. The van der Waals surface area contributed by atoms with Crippen molar-refractivity contribution < 1.29 is 32.6 Å². The van der Waals surface area contributed by atoms with Crippen LogP contribution in [0.4, 0.5) is 13.6 Å². The van der Waals surface area contributed by atoms with Gasteiger partial charge in [-0.3, -0.25) is 9.36 Å². The van der Waals surface area contributed by atoms with Crippen LogP contribution in [0, 0.1) is 11.6 Å². The van der Waals surface area contributed by atoms with Gasteiger partial charge in [-0.25, -0.2) is 18.4 Å². The maximum absolute atomic E-state index is 13.4. The first kappa shape index (κ1) is 24.9. The number of esters is 1. The molecule has 0 fully saturated rings. The van der Waals surface area contributed by atoms with Crippen LogP contribution in [0.5, 0.6) is 0 Å². The average Bonchev–Trinajstić information content (AvgIpc) is 3.09. The van der Waals surface area contributed by atoms with Crippen LogP contribution in [0.25, 0.3) is 10.9 Å². The second-order valence-electron chi connectivity index (χ2n) is 8.82. The minimum Gasteiger partial charge on any atom is -0.467 e. The fourth-order valence-corrected chi connectivity index (χ4v) is 3.57. The predicted molar refractivity (Wildman–Crippen MR) is 121 cm³/mol. The Morgan fingerprint density at radius 2 is 1.71 bits per heavy atom. The van der Waals surface area contributed by atoms with E-state index in [1.54, 1.807) is 51.2 Å². The summed E-state index contributed by atoms with van der Waals surface area (Å²) in [6.07, 6.45) is 0.665. The Labute approximate surface area is 195 Å². The van der Waals surface area contributed by atoms with Crippen molar-refractivity contribution in [3.05, 3.63) is 71.4 Å². The monoisotopic (exact) mass is 472 g/mol. The molecule has 1 aromatic heterocycles. The van der Waals surface area contributed by atoms with E-state index in [0.29, 0.717) is 22.5 Å². The molecule has 0 radical (unpaired) electrons. The summed E-state index contributed by atoms with van der Waals surface area (Å²) in [5, 5.41) is 3.26. The van der Waals surface area contributed by atoms with Crippen molar-refractivity contribution >= 4 is 28.9 Å². The first-order valence-electron chi connectivity index (χ1n) is 10.6. The van der Waals surface area contributed by atoms with Crippen LogP contribution in [0.1, 0.15) is 31.9 Å². The molecule has 180 valence electrons. The lowest BCUT2D eigenvalue weighted by molar-refractivity contribution is -0.145. The summed E-state index contributed by atoms with van der Waals surface area (Å²) in [5.74, 6) is -2.92. The zero-order valence-electron chi connectivity index (χ0n) is 19.4. The van der Waals surface area contributed by atoms with Crippen LogP contribution in [0.2, 0.25) is 0 Å². The number of benzene rings is 2. The molecule has 1 heterocycles. The Morgan fingerprint density at radius 1 is 1.06 bits per heavy atom. The van der Waals surface area contributed by atoms with E-state index in [9.17, 15) is 23.2 Å². The normalized spacial score (nSPS) is 12.3. The van der Waals surface area contributed by atoms with Gasteiger partial charge in [-0.15, -0.1) is 0 Å². The molecule has 0 aliphatic heterocycles. The largest absolute Gasteiger partial charge is 0.467 e. The third kappa shape index (κ3) is 6.18. The van der Waals surface area contributed by atoms with Crippen LogP contribution in [0.15, 0.2) is 48.7 Å². The van der Waals surface area contributed by atoms with E-state index in [0.717, 1.165) is 12.1 Å². The molecule has 0 saturated heterocycles. The summed E-state index contributed by atoms with van der Waals surface area (Å²) in [4.78, 5) is 37.7. The summed E-state index contributed by atoms with van der Waals surface area (Å²) in [6, 6.07) is 8.80. The number of hydrogen-bond donors (Lipinski definition) is 1. The number of methoxy groups -OCH3 is 1. The fourth-order valence-electron chi connectivity index (χ4n) is 3.57. The molecule has 34 heavy (non-hydrogen) atoms. The van der Waals surface area contributed by atoms with Gasteiger partial charge >= 0.3 is 12.1 Å². The Bertz CT molecular complexity index is 1210. The second kappa shape index (κ2) is 10.0. The minimum atomic E-state index is -1.09. The molecule has 7 nitrogen and oxygen atoms in total. The van der Waals surface area contributed by atoms with E-state index in [4.69, 9.17) is 9.47 Å². The first-order valence-corrected chi connectivity index (χ1v) is 10.6. The summed E-state index contributed by atoms with van der Waals surface area (Å²) >= 11 is 0. The molecule has 1 N–H and O–H groups in total. The topological polar surface area (TPSA) is 86.6 Å². The lowest BCUT2D eigenvalue weighted by Crippen LogP contribution is -2.43. The van der Waals surface area contributed by atoms with Crippen molar-refractivity contribution in [3.8, 4) is 0 Å². The quantitative estimate of drug-likeness (QED) is 0.545. The number of rotatable bonds is 6. The van der Waals surface area contributed by atoms with Gasteiger partial charge in [0.1, 0.15) is 23.3 Å². The van der Waals surface area contributed by atoms with Gasteiger partial charge in [0.25, 0.3) is 0 Å². The molecule has 1 atom stereocenters. The highest BCUT2D eigenvalue weighted by atomic mass is 19.1. The third-order valence-corrected chi connectivity index (χ3v) is 4.92. The SMILES string of the molecule is COC(=O)[C@@H](Cc1cn(C(=O)OC(C)(C)C)c2ccccc12)NC(=O)Cc1cc(F)cc(F)c1. The molecule has 0 bridgehead atoms. The highest BCUT2D eigenvalue weighted by molar-refractivity contribution is 5.93. The van der Waals surface area contributed by atoms with Gasteiger partial charge < -0.3 is 14.8 Å². The summed E-state index contributed by atoms with van der Waals surface area (Å²) in [5.41, 5.74) is 0.604. The Hall–Kier alpha value is -3.75. The number of nitrogens with zero attached hydrogens (tertiary/aromatic N) is 1. The maximum atomic E-state index is 13.4. The molecule has 0 saturated carbocycles. The number of carbonyl (C=O) groups excluding carboxylic acids is 3. The summed E-state index contributed by atoms with van der Waals surface area (Å²) in [7, 11) is 1.19. The molecule has 3 aromatic rings. The Balaban J connectivity index is 1.86. The van der Waals surface area contributed by atoms with E-state index in [1.807, 2.05) is 0 Å². The predicted octanol–water partition coefficient (Wildman–Crippen LogP) is 4.15. The molecular weight excluding hydrogens is 446 g/mol. The van der Waals surface area contributed by atoms with E-state index in [1.165, 1.54) is 11.7 Å². The highest BCUT2D eigenvalue weighted by Crippen LogP contribution is 2.24. The highest BCUT2D eigenvalue weighted by Gasteiger charge is 2.26. The standard InChI is InChI=1S/C25H26F2N2O5/c1-25(2,3)34-24(32)29-14-16(19-7-5-6-8-21(19)29)12-20(23(31)33-4)28-22(30)11-15-9-17(26)13-18(27)10-15/h5-10,13-14,20H,11-12H2,1-4H3,(H,28,30)/t20-/m1/s1. The summed E-state index contributed by atoms with van der Waals surface area (Å²) < 4.78 is 38.5. The van der Waals surface area contributed by atoms with Gasteiger partial charge in [-0.05, 0) is 50.1 Å². The van der Waals surface area contributed by atoms with Gasteiger partial charge in [0.15, 0.2) is 0 Å². The molecular formula is C25H26F2N2O5. The number of hydrogen-bond acceptors (Lipinski definition) is 5. The van der Waals surface area contributed by atoms with Gasteiger partial charge in [0.2, 0.25) is 5.91 Å². The zero-order valence-corrected chi connectivity index (χ0v) is 19.4. The number of fused-ring (bicyclic) bond motifs is 1. The lowest BCUT2D eigenvalue weighted by Gasteiger charge is -2.19. The molecule has 0 aliphatic carbocycles. The molecule has 9 heteroatoms. The van der Waals surface area contributed by atoms with E-state index >= 15 is 0 Å². The van der Waals surface area contributed by atoms with Crippen LogP contribution < -0.4 is 5.32 Å². The smallest absolute Gasteiger partial charge is 0.419 e. The first-order chi connectivity index (χ1) is 16.0. The number of ether oxygens (including phenoxy) is 2. The number of para-hydroxylation sites is 1. The molecule has 1 amide bonds.